The van der Waals surface area contributed by atoms with Crippen LogP contribution in [0.15, 0.2) is 34.7 Å². The first-order valence-electron chi connectivity index (χ1n) is 7.33. The Hall–Kier alpha value is -1.81. The second kappa shape index (κ2) is 4.63. The molecule has 2 bridgehead atoms. The van der Waals surface area contributed by atoms with Gasteiger partial charge in [0.15, 0.2) is 5.76 Å². The fourth-order valence-corrected chi connectivity index (χ4v) is 3.37. The van der Waals surface area contributed by atoms with Gasteiger partial charge in [-0.05, 0) is 31.4 Å². The highest BCUT2D eigenvalue weighted by Crippen LogP contribution is 2.24. The summed E-state index contributed by atoms with van der Waals surface area (Å²) < 4.78 is 5.69. The molecule has 2 unspecified atom stereocenters. The van der Waals surface area contributed by atoms with Crippen molar-refractivity contribution in [2.45, 2.75) is 31.3 Å². The summed E-state index contributed by atoms with van der Waals surface area (Å²) in [6.07, 6.45) is 3.47. The van der Waals surface area contributed by atoms with E-state index in [-0.39, 0.29) is 5.91 Å². The van der Waals surface area contributed by atoms with Crippen LogP contribution in [0.5, 0.6) is 0 Å². The molecule has 1 aromatic carbocycles. The number of nitrogens with one attached hydrogen (secondary N) is 1. The van der Waals surface area contributed by atoms with Gasteiger partial charge in [-0.1, -0.05) is 18.2 Å². The lowest BCUT2D eigenvalue weighted by Crippen LogP contribution is -2.38. The van der Waals surface area contributed by atoms with Crippen molar-refractivity contribution < 1.29 is 9.21 Å². The molecule has 4 heteroatoms. The number of amides is 1. The molecule has 2 aliphatic rings. The normalized spacial score (nSPS) is 25.9. The van der Waals surface area contributed by atoms with Crippen LogP contribution in [-0.4, -0.2) is 36.0 Å². The van der Waals surface area contributed by atoms with E-state index in [1.165, 1.54) is 12.8 Å². The van der Waals surface area contributed by atoms with Crippen molar-refractivity contribution in [3.05, 3.63) is 36.1 Å². The molecule has 20 heavy (non-hydrogen) atoms. The summed E-state index contributed by atoms with van der Waals surface area (Å²) in [5.74, 6) is 0.486. The zero-order valence-electron chi connectivity index (χ0n) is 11.3. The standard InChI is InChI=1S/C16H18N2O2/c19-16(15-9-11-3-1-2-4-14(11)20-15)18-8-7-12-5-6-13(10-18)17-12/h1-4,9,12-13,17H,5-8,10H2. The molecule has 4 nitrogen and oxygen atoms in total. The van der Waals surface area contributed by atoms with Gasteiger partial charge in [0.05, 0.1) is 0 Å². The molecule has 0 saturated carbocycles. The van der Waals surface area contributed by atoms with Crippen molar-refractivity contribution in [2.75, 3.05) is 13.1 Å². The summed E-state index contributed by atoms with van der Waals surface area (Å²) in [4.78, 5) is 14.5. The van der Waals surface area contributed by atoms with Gasteiger partial charge in [0.2, 0.25) is 0 Å². The molecule has 2 atom stereocenters. The molecule has 1 N–H and O–H groups in total. The summed E-state index contributed by atoms with van der Waals surface area (Å²) in [6.45, 7) is 1.62. The first kappa shape index (κ1) is 12.0. The van der Waals surface area contributed by atoms with Crippen LogP contribution in [-0.2, 0) is 0 Å². The van der Waals surface area contributed by atoms with E-state index in [9.17, 15) is 4.79 Å². The Morgan fingerprint density at radius 1 is 1.20 bits per heavy atom. The molecule has 2 aliphatic heterocycles. The third-order valence-electron chi connectivity index (χ3n) is 4.45. The van der Waals surface area contributed by atoms with Gasteiger partial charge in [-0.15, -0.1) is 0 Å². The summed E-state index contributed by atoms with van der Waals surface area (Å²) in [7, 11) is 0. The minimum Gasteiger partial charge on any atom is -0.451 e. The van der Waals surface area contributed by atoms with Gasteiger partial charge < -0.3 is 14.6 Å². The number of carbonyl (C=O) groups excluding carboxylic acids is 1. The molecule has 0 aliphatic carbocycles. The van der Waals surface area contributed by atoms with Crippen LogP contribution < -0.4 is 5.32 Å². The van der Waals surface area contributed by atoms with E-state index in [1.807, 2.05) is 35.2 Å². The van der Waals surface area contributed by atoms with E-state index in [2.05, 4.69) is 5.32 Å². The Kier molecular flexibility index (Phi) is 2.77. The average Bonchev–Trinajstić information content (AvgIpc) is 3.01. The molecule has 104 valence electrons. The first-order valence-corrected chi connectivity index (χ1v) is 7.33. The van der Waals surface area contributed by atoms with Gasteiger partial charge in [-0.3, -0.25) is 4.79 Å². The number of furan rings is 1. The topological polar surface area (TPSA) is 45.5 Å². The van der Waals surface area contributed by atoms with Crippen LogP contribution >= 0.6 is 0 Å². The zero-order chi connectivity index (χ0) is 13.5. The van der Waals surface area contributed by atoms with Crippen LogP contribution in [0.3, 0.4) is 0 Å². The van der Waals surface area contributed by atoms with Crippen molar-refractivity contribution in [3.8, 4) is 0 Å². The number of hydrogen-bond acceptors (Lipinski definition) is 3. The molecule has 0 radical (unpaired) electrons. The Morgan fingerprint density at radius 3 is 2.95 bits per heavy atom. The first-order chi connectivity index (χ1) is 9.79. The molecular formula is C16H18N2O2. The van der Waals surface area contributed by atoms with Crippen LogP contribution in [0.2, 0.25) is 0 Å². The summed E-state index contributed by atoms with van der Waals surface area (Å²) in [5.41, 5.74) is 0.783. The lowest BCUT2D eigenvalue weighted by Gasteiger charge is -2.23. The number of likely N-dealkylation sites (tertiary alicyclic amines) is 1. The van der Waals surface area contributed by atoms with Gasteiger partial charge >= 0.3 is 0 Å². The predicted octanol–water partition coefficient (Wildman–Crippen LogP) is 2.40. The molecule has 2 aromatic rings. The Bertz CT molecular complexity index is 616. The fourth-order valence-electron chi connectivity index (χ4n) is 3.37. The molecule has 2 saturated heterocycles. The quantitative estimate of drug-likeness (QED) is 0.865. The number of para-hydroxylation sites is 1. The molecule has 2 fully saturated rings. The van der Waals surface area contributed by atoms with Crippen molar-refractivity contribution in [2.24, 2.45) is 0 Å². The van der Waals surface area contributed by atoms with Crippen LogP contribution in [0.4, 0.5) is 0 Å². The van der Waals surface area contributed by atoms with E-state index >= 15 is 0 Å². The smallest absolute Gasteiger partial charge is 0.289 e. The van der Waals surface area contributed by atoms with E-state index in [0.717, 1.165) is 30.5 Å². The molecule has 1 aromatic heterocycles. The molecule has 3 heterocycles. The second-order valence-corrected chi connectivity index (χ2v) is 5.83. The third kappa shape index (κ3) is 2.00. The van der Waals surface area contributed by atoms with Gasteiger partial charge in [-0.25, -0.2) is 0 Å². The highest BCUT2D eigenvalue weighted by molar-refractivity contribution is 5.96. The molecule has 4 rings (SSSR count). The van der Waals surface area contributed by atoms with Gasteiger partial charge in [0, 0.05) is 30.6 Å². The predicted molar refractivity (Wildman–Crippen MR) is 76.7 cm³/mol. The molecular weight excluding hydrogens is 252 g/mol. The van der Waals surface area contributed by atoms with Crippen molar-refractivity contribution in [3.63, 3.8) is 0 Å². The van der Waals surface area contributed by atoms with Crippen molar-refractivity contribution in [1.29, 1.82) is 0 Å². The maximum Gasteiger partial charge on any atom is 0.289 e. The van der Waals surface area contributed by atoms with Crippen LogP contribution in [0.25, 0.3) is 11.0 Å². The summed E-state index contributed by atoms with van der Waals surface area (Å²) in [5, 5.41) is 4.58. The Labute approximate surface area is 117 Å². The number of carbonyl (C=O) groups is 1. The highest BCUT2D eigenvalue weighted by atomic mass is 16.3. The number of nitrogens with zero attached hydrogens (tertiary/aromatic N) is 1. The minimum atomic E-state index is 0.0237. The van der Waals surface area contributed by atoms with Gasteiger partial charge in [0.1, 0.15) is 5.58 Å². The fraction of sp³-hybridized carbons (Fsp3) is 0.438. The summed E-state index contributed by atoms with van der Waals surface area (Å²) >= 11 is 0. The number of rotatable bonds is 1. The maximum atomic E-state index is 12.6. The minimum absolute atomic E-state index is 0.0237. The van der Waals surface area contributed by atoms with Gasteiger partial charge in [-0.2, -0.15) is 0 Å². The zero-order valence-corrected chi connectivity index (χ0v) is 11.3. The Morgan fingerprint density at radius 2 is 2.05 bits per heavy atom. The lowest BCUT2D eigenvalue weighted by molar-refractivity contribution is 0.0718. The van der Waals surface area contributed by atoms with Gasteiger partial charge in [0.25, 0.3) is 5.91 Å². The third-order valence-corrected chi connectivity index (χ3v) is 4.45. The number of benzene rings is 1. The van der Waals surface area contributed by atoms with Crippen LogP contribution in [0.1, 0.15) is 29.8 Å². The second-order valence-electron chi connectivity index (χ2n) is 5.83. The largest absolute Gasteiger partial charge is 0.451 e. The summed E-state index contributed by atoms with van der Waals surface area (Å²) in [6, 6.07) is 10.7. The van der Waals surface area contributed by atoms with Crippen molar-refractivity contribution >= 4 is 16.9 Å². The lowest BCUT2D eigenvalue weighted by atomic mass is 10.1. The highest BCUT2D eigenvalue weighted by Gasteiger charge is 2.32. The van der Waals surface area contributed by atoms with E-state index in [0.29, 0.717) is 17.8 Å². The maximum absolute atomic E-state index is 12.6. The average molecular weight is 270 g/mol. The number of hydrogen-bond donors (Lipinski definition) is 1. The molecule has 0 spiro atoms. The number of fused-ring (bicyclic) bond motifs is 3. The van der Waals surface area contributed by atoms with E-state index in [4.69, 9.17) is 4.42 Å². The monoisotopic (exact) mass is 270 g/mol. The SMILES string of the molecule is O=C(c1cc2ccccc2o1)N1CCC2CCC(C1)N2. The van der Waals surface area contributed by atoms with E-state index in [1.54, 1.807) is 0 Å². The van der Waals surface area contributed by atoms with Crippen LogP contribution in [0, 0.1) is 0 Å². The Balaban J connectivity index is 1.59. The van der Waals surface area contributed by atoms with Crippen molar-refractivity contribution in [1.82, 2.24) is 10.2 Å². The molecule has 1 amide bonds. The van der Waals surface area contributed by atoms with E-state index < -0.39 is 0 Å².